The molecule has 0 bridgehead atoms. The Labute approximate surface area is 65.0 Å². The van der Waals surface area contributed by atoms with Crippen molar-refractivity contribution in [3.8, 4) is 0 Å². The third-order valence-electron chi connectivity index (χ3n) is 2.65. The molecule has 1 saturated heterocycles. The van der Waals surface area contributed by atoms with Crippen LogP contribution in [0, 0.1) is 5.92 Å². The number of nitrogens with two attached hydrogens (primary N) is 1. The molecule has 2 N–H and O–H groups in total. The zero-order valence-electron chi connectivity index (χ0n) is 7.19. The number of rotatable bonds is 2. The monoisotopic (exact) mass is 157 g/mol. The lowest BCUT2D eigenvalue weighted by Crippen LogP contribution is -2.20. The van der Waals surface area contributed by atoms with Gasteiger partial charge in [-0.2, -0.15) is 0 Å². The summed E-state index contributed by atoms with van der Waals surface area (Å²) in [6.45, 7) is 5.90. The Hall–Kier alpha value is 0.177. The predicted molar refractivity (Wildman–Crippen MR) is 48.9 cm³/mol. The average Bonchev–Trinajstić information content (AvgIpc) is 2.12. The van der Waals surface area contributed by atoms with Crippen molar-refractivity contribution in [1.82, 2.24) is 0 Å². The molecule has 2 heteroatoms. The minimum Gasteiger partial charge on any atom is -0.330 e. The van der Waals surface area contributed by atoms with Gasteiger partial charge in [-0.15, -0.1) is 0 Å². The van der Waals surface area contributed by atoms with Crippen LogP contribution in [0.15, 0.2) is 0 Å². The van der Waals surface area contributed by atoms with E-state index < -0.39 is 8.07 Å². The van der Waals surface area contributed by atoms with Gasteiger partial charge in [0.1, 0.15) is 0 Å². The zero-order chi connectivity index (χ0) is 7.61. The first-order valence-electron chi connectivity index (χ1n) is 4.34. The molecular formula is C8H19NSi. The van der Waals surface area contributed by atoms with Gasteiger partial charge in [0.15, 0.2) is 0 Å². The lowest BCUT2D eigenvalue weighted by atomic mass is 10.1. The molecule has 0 amide bonds. The van der Waals surface area contributed by atoms with Gasteiger partial charge in [0, 0.05) is 8.07 Å². The quantitative estimate of drug-likeness (QED) is 0.610. The fourth-order valence-corrected chi connectivity index (χ4v) is 5.43. The minimum atomic E-state index is -0.696. The van der Waals surface area contributed by atoms with Crippen molar-refractivity contribution in [3.05, 3.63) is 0 Å². The van der Waals surface area contributed by atoms with Crippen LogP contribution < -0.4 is 5.73 Å². The number of hydrogen-bond donors (Lipinski definition) is 1. The summed E-state index contributed by atoms with van der Waals surface area (Å²) < 4.78 is 0. The summed E-state index contributed by atoms with van der Waals surface area (Å²) >= 11 is 0. The standard InChI is InChI=1S/C8H19NSi/c1-10(2)6-4-8(7-10)3-5-9/h8H,3-7,9H2,1-2H3. The Morgan fingerprint density at radius 2 is 2.20 bits per heavy atom. The van der Waals surface area contributed by atoms with Crippen molar-refractivity contribution in [3.63, 3.8) is 0 Å². The van der Waals surface area contributed by atoms with Crippen LogP contribution in [0.5, 0.6) is 0 Å². The fraction of sp³-hybridized carbons (Fsp3) is 1.00. The normalized spacial score (nSPS) is 30.9. The second kappa shape index (κ2) is 3.05. The maximum atomic E-state index is 5.51. The molecule has 1 nitrogen and oxygen atoms in total. The smallest absolute Gasteiger partial charge is 0.0476 e. The first kappa shape index (κ1) is 8.28. The average molecular weight is 157 g/mol. The van der Waals surface area contributed by atoms with Crippen molar-refractivity contribution in [2.75, 3.05) is 6.54 Å². The highest BCUT2D eigenvalue weighted by molar-refractivity contribution is 6.78. The molecule has 1 aliphatic rings. The third-order valence-corrected chi connectivity index (χ3v) is 5.97. The molecule has 1 rings (SSSR count). The van der Waals surface area contributed by atoms with Crippen LogP contribution in [0.25, 0.3) is 0 Å². The molecule has 1 aliphatic heterocycles. The van der Waals surface area contributed by atoms with Gasteiger partial charge in [-0.25, -0.2) is 0 Å². The lowest BCUT2D eigenvalue weighted by Gasteiger charge is -2.13. The zero-order valence-corrected chi connectivity index (χ0v) is 8.19. The molecule has 1 atom stereocenters. The summed E-state index contributed by atoms with van der Waals surface area (Å²) in [5, 5.41) is 0. The van der Waals surface area contributed by atoms with Crippen molar-refractivity contribution < 1.29 is 0 Å². The topological polar surface area (TPSA) is 26.0 Å². The maximum absolute atomic E-state index is 5.51. The lowest BCUT2D eigenvalue weighted by molar-refractivity contribution is 0.546. The van der Waals surface area contributed by atoms with Crippen molar-refractivity contribution in [2.45, 2.75) is 38.0 Å². The Morgan fingerprint density at radius 1 is 1.50 bits per heavy atom. The van der Waals surface area contributed by atoms with E-state index in [0.29, 0.717) is 0 Å². The molecular weight excluding hydrogens is 138 g/mol. The molecule has 1 fully saturated rings. The second-order valence-corrected chi connectivity index (χ2v) is 9.59. The van der Waals surface area contributed by atoms with E-state index in [-0.39, 0.29) is 0 Å². The van der Waals surface area contributed by atoms with Crippen molar-refractivity contribution >= 4 is 8.07 Å². The molecule has 0 saturated carbocycles. The molecule has 0 aromatic heterocycles. The van der Waals surface area contributed by atoms with Gasteiger partial charge in [0.05, 0.1) is 0 Å². The van der Waals surface area contributed by atoms with Crippen LogP contribution in [0.4, 0.5) is 0 Å². The second-order valence-electron chi connectivity index (χ2n) is 4.35. The highest BCUT2D eigenvalue weighted by Gasteiger charge is 2.31. The summed E-state index contributed by atoms with van der Waals surface area (Å²) in [5.41, 5.74) is 5.51. The van der Waals surface area contributed by atoms with Gasteiger partial charge < -0.3 is 5.73 Å². The molecule has 1 heterocycles. The van der Waals surface area contributed by atoms with Gasteiger partial charge in [-0.3, -0.25) is 0 Å². The van der Waals surface area contributed by atoms with Gasteiger partial charge in [-0.05, 0) is 18.9 Å². The molecule has 10 heavy (non-hydrogen) atoms. The summed E-state index contributed by atoms with van der Waals surface area (Å²) in [7, 11) is -0.696. The Balaban J connectivity index is 2.29. The molecule has 0 spiro atoms. The molecule has 0 aromatic carbocycles. The third kappa shape index (κ3) is 2.10. The molecule has 0 radical (unpaired) electrons. The van der Waals surface area contributed by atoms with E-state index in [4.69, 9.17) is 5.73 Å². The van der Waals surface area contributed by atoms with Crippen LogP contribution >= 0.6 is 0 Å². The van der Waals surface area contributed by atoms with E-state index in [1.54, 1.807) is 0 Å². The Bertz CT molecular complexity index is 112. The minimum absolute atomic E-state index is 0.696. The summed E-state index contributed by atoms with van der Waals surface area (Å²) in [5.74, 6) is 0.992. The van der Waals surface area contributed by atoms with E-state index >= 15 is 0 Å². The van der Waals surface area contributed by atoms with Crippen LogP contribution in [0.1, 0.15) is 12.8 Å². The van der Waals surface area contributed by atoms with Gasteiger partial charge in [0.25, 0.3) is 0 Å². The maximum Gasteiger partial charge on any atom is 0.0476 e. The van der Waals surface area contributed by atoms with Crippen molar-refractivity contribution in [1.29, 1.82) is 0 Å². The van der Waals surface area contributed by atoms with Crippen LogP contribution in [0.2, 0.25) is 25.2 Å². The SMILES string of the molecule is C[Si]1(C)CCC(CCN)C1. The van der Waals surface area contributed by atoms with Gasteiger partial charge in [-0.1, -0.05) is 31.6 Å². The summed E-state index contributed by atoms with van der Waals surface area (Å²) in [6, 6.07) is 3.07. The summed E-state index contributed by atoms with van der Waals surface area (Å²) in [6.07, 6.45) is 2.74. The highest BCUT2D eigenvalue weighted by Crippen LogP contribution is 2.36. The first-order valence-corrected chi connectivity index (χ1v) is 7.75. The highest BCUT2D eigenvalue weighted by atomic mass is 28.3. The van der Waals surface area contributed by atoms with E-state index in [1.807, 2.05) is 0 Å². The largest absolute Gasteiger partial charge is 0.330 e. The van der Waals surface area contributed by atoms with E-state index in [9.17, 15) is 0 Å². The van der Waals surface area contributed by atoms with Crippen LogP contribution in [0.3, 0.4) is 0 Å². The van der Waals surface area contributed by atoms with Gasteiger partial charge in [0.2, 0.25) is 0 Å². The van der Waals surface area contributed by atoms with Crippen LogP contribution in [-0.2, 0) is 0 Å². The predicted octanol–water partition coefficient (Wildman–Crippen LogP) is 2.06. The molecule has 1 unspecified atom stereocenters. The molecule has 0 aromatic rings. The summed E-state index contributed by atoms with van der Waals surface area (Å²) in [4.78, 5) is 0. The van der Waals surface area contributed by atoms with E-state index in [2.05, 4.69) is 13.1 Å². The van der Waals surface area contributed by atoms with E-state index in [1.165, 1.54) is 24.9 Å². The molecule has 60 valence electrons. The van der Waals surface area contributed by atoms with E-state index in [0.717, 1.165) is 12.5 Å². The first-order chi connectivity index (χ1) is 4.64. The van der Waals surface area contributed by atoms with Crippen molar-refractivity contribution in [2.24, 2.45) is 11.7 Å². The van der Waals surface area contributed by atoms with Gasteiger partial charge >= 0.3 is 0 Å². The van der Waals surface area contributed by atoms with Crippen LogP contribution in [-0.4, -0.2) is 14.6 Å². The fourth-order valence-electron chi connectivity index (χ4n) is 2.06. The Kier molecular flexibility index (Phi) is 2.53. The Morgan fingerprint density at radius 3 is 2.60 bits per heavy atom. The molecule has 0 aliphatic carbocycles. The number of hydrogen-bond acceptors (Lipinski definition) is 1.